The second-order valence-corrected chi connectivity index (χ2v) is 19.7. The van der Waals surface area contributed by atoms with Crippen molar-refractivity contribution in [3.05, 3.63) is 81.9 Å². The minimum Gasteiger partial charge on any atom is -0.0761 e. The second kappa shape index (κ2) is 12.9. The highest BCUT2D eigenvalue weighted by Crippen LogP contribution is 2.59. The molecular formula is C48H66. The molecule has 3 saturated carbocycles. The summed E-state index contributed by atoms with van der Waals surface area (Å²) in [7, 11) is 0. The number of hydrogen-bond acceptors (Lipinski definition) is 0. The third-order valence-corrected chi connectivity index (χ3v) is 15.7. The predicted octanol–water partition coefficient (Wildman–Crippen LogP) is 13.4. The molecule has 0 nitrogen and oxygen atoms in total. The van der Waals surface area contributed by atoms with Gasteiger partial charge in [0.2, 0.25) is 0 Å². The molecule has 0 aliphatic heterocycles. The molecule has 7 aliphatic carbocycles. The van der Waals surface area contributed by atoms with Gasteiger partial charge in [-0.15, -0.1) is 0 Å². The van der Waals surface area contributed by atoms with Gasteiger partial charge in [-0.1, -0.05) is 115 Å². The monoisotopic (exact) mass is 643 g/mol. The summed E-state index contributed by atoms with van der Waals surface area (Å²) in [6, 6.07) is 14.7. The molecule has 2 aromatic carbocycles. The number of aryl methyl sites for hydroxylation is 2. The van der Waals surface area contributed by atoms with Gasteiger partial charge in [0.05, 0.1) is 0 Å². The minimum atomic E-state index is 0.422. The summed E-state index contributed by atoms with van der Waals surface area (Å²) in [5.41, 5.74) is 10.6. The van der Waals surface area contributed by atoms with Gasteiger partial charge in [-0.3, -0.25) is 0 Å². The maximum absolute atomic E-state index is 2.68. The van der Waals surface area contributed by atoms with Crippen molar-refractivity contribution in [2.75, 3.05) is 0 Å². The average Bonchev–Trinajstić information content (AvgIpc) is 3.81. The molecule has 48 heavy (non-hydrogen) atoms. The van der Waals surface area contributed by atoms with Crippen molar-refractivity contribution >= 4 is 12.2 Å². The zero-order valence-electron chi connectivity index (χ0n) is 31.4. The SMILES string of the molecule is C[C@@H]1[C@@H]2CC(C)(C)CC[C@H]3C[C@H]4C5C=Cc6c(cccc65)CCCCCCc5cccc6c5C=CC6[C@@H]1C[C@@H]2CCC(C)(C)C[C@H]3[C@H]4C. The molecule has 9 rings (SSSR count). The van der Waals surface area contributed by atoms with Crippen molar-refractivity contribution in [2.24, 2.45) is 58.2 Å². The summed E-state index contributed by atoms with van der Waals surface area (Å²) in [5, 5.41) is 0. The molecule has 258 valence electrons. The van der Waals surface area contributed by atoms with Crippen molar-refractivity contribution in [3.63, 3.8) is 0 Å². The maximum atomic E-state index is 2.68. The fourth-order valence-electron chi connectivity index (χ4n) is 12.9. The Morgan fingerprint density at radius 1 is 0.542 bits per heavy atom. The molecule has 10 atom stereocenters. The van der Waals surface area contributed by atoms with Gasteiger partial charge in [-0.05, 0) is 169 Å². The van der Waals surface area contributed by atoms with Crippen LogP contribution in [0.1, 0.15) is 164 Å². The molecule has 0 saturated heterocycles. The van der Waals surface area contributed by atoms with Gasteiger partial charge in [-0.2, -0.15) is 0 Å². The van der Waals surface area contributed by atoms with Crippen LogP contribution in [0.15, 0.2) is 48.6 Å². The van der Waals surface area contributed by atoms with Crippen LogP contribution >= 0.6 is 0 Å². The topological polar surface area (TPSA) is 0 Å². The summed E-state index contributed by atoms with van der Waals surface area (Å²) in [4.78, 5) is 0. The zero-order chi connectivity index (χ0) is 33.2. The van der Waals surface area contributed by atoms with E-state index in [-0.39, 0.29) is 0 Å². The molecule has 0 aromatic heterocycles. The van der Waals surface area contributed by atoms with Crippen LogP contribution in [0.4, 0.5) is 0 Å². The maximum Gasteiger partial charge on any atom is 0.00583 e. The molecule has 0 amide bonds. The number of hydrogen-bond donors (Lipinski definition) is 0. The first-order valence-corrected chi connectivity index (χ1v) is 20.7. The van der Waals surface area contributed by atoms with E-state index >= 15 is 0 Å². The number of rotatable bonds is 0. The lowest BCUT2D eigenvalue weighted by atomic mass is 9.66. The van der Waals surface area contributed by atoms with Crippen molar-refractivity contribution in [3.8, 4) is 0 Å². The highest BCUT2D eigenvalue weighted by Gasteiger charge is 2.49. The summed E-state index contributed by atoms with van der Waals surface area (Å²) in [5.74, 6) is 7.94. The van der Waals surface area contributed by atoms with E-state index in [0.717, 1.165) is 47.3 Å². The Bertz CT molecular complexity index is 1420. The van der Waals surface area contributed by atoms with Gasteiger partial charge in [0.15, 0.2) is 0 Å². The Morgan fingerprint density at radius 3 is 1.42 bits per heavy atom. The largest absolute Gasteiger partial charge is 0.0761 e. The molecule has 0 spiro atoms. The highest BCUT2D eigenvalue weighted by molar-refractivity contribution is 5.67. The number of fused-ring (bicyclic) bond motifs is 11. The molecule has 7 aliphatic rings. The molecule has 2 aromatic rings. The van der Waals surface area contributed by atoms with Crippen molar-refractivity contribution in [2.45, 2.75) is 143 Å². The van der Waals surface area contributed by atoms with E-state index in [0.29, 0.717) is 22.7 Å². The lowest BCUT2D eigenvalue weighted by molar-refractivity contribution is 0.115. The quantitative estimate of drug-likeness (QED) is 0.268. The summed E-state index contributed by atoms with van der Waals surface area (Å²) < 4.78 is 0. The standard InChI is InChI=1S/C48H66/c1-31-43-27-35-23-25-48(5,6)30-46-32(2)44(28-36(46)24-26-47(3,4)29-45(31)35)42-22-20-38-34(16-12-18-40(38)42)14-10-8-7-9-13-33-15-11-17-39-37(33)19-21-41(39)43/h11-12,15-22,31-32,35-36,41-46H,7-10,13-14,23-30H2,1-6H3/t31-,32-,35-,36-,41?,42?,43+,44+,45-,46-/m0/s1. The minimum absolute atomic E-state index is 0.422. The van der Waals surface area contributed by atoms with Crippen LogP contribution in [-0.2, 0) is 12.8 Å². The molecule has 3 fully saturated rings. The van der Waals surface area contributed by atoms with E-state index < -0.39 is 0 Å². The second-order valence-electron chi connectivity index (χ2n) is 19.7. The molecule has 2 unspecified atom stereocenters. The lowest BCUT2D eigenvalue weighted by Gasteiger charge is -2.39. The van der Waals surface area contributed by atoms with Gasteiger partial charge in [0, 0.05) is 11.8 Å². The fourth-order valence-corrected chi connectivity index (χ4v) is 12.9. The summed E-state index contributed by atoms with van der Waals surface area (Å²) in [6.45, 7) is 16.0. The fraction of sp³-hybridized carbons (Fsp3) is 0.667. The van der Waals surface area contributed by atoms with Gasteiger partial charge >= 0.3 is 0 Å². The highest BCUT2D eigenvalue weighted by atomic mass is 14.5. The van der Waals surface area contributed by atoms with Crippen LogP contribution in [0.25, 0.3) is 12.2 Å². The Labute approximate surface area is 294 Å². The lowest BCUT2D eigenvalue weighted by Crippen LogP contribution is -2.29. The van der Waals surface area contributed by atoms with Crippen LogP contribution < -0.4 is 0 Å². The molecule has 0 heterocycles. The number of allylic oxidation sites excluding steroid dienone is 2. The number of benzene rings is 2. The van der Waals surface area contributed by atoms with Crippen molar-refractivity contribution < 1.29 is 0 Å². The first-order chi connectivity index (χ1) is 23.1. The Hall–Kier alpha value is -2.08. The van der Waals surface area contributed by atoms with E-state index in [4.69, 9.17) is 0 Å². The van der Waals surface area contributed by atoms with Gasteiger partial charge in [0.25, 0.3) is 0 Å². The first kappa shape index (κ1) is 33.1. The molecule has 0 heteroatoms. The summed E-state index contributed by atoms with van der Waals surface area (Å²) in [6.07, 6.45) is 29.6. The third kappa shape index (κ3) is 6.13. The van der Waals surface area contributed by atoms with Crippen LogP contribution in [0, 0.1) is 58.2 Å². The summed E-state index contributed by atoms with van der Waals surface area (Å²) >= 11 is 0. The van der Waals surface area contributed by atoms with Crippen molar-refractivity contribution in [1.29, 1.82) is 0 Å². The normalized spacial score (nSPS) is 38.5. The third-order valence-electron chi connectivity index (χ3n) is 15.7. The van der Waals surface area contributed by atoms with Crippen LogP contribution in [0.5, 0.6) is 0 Å². The van der Waals surface area contributed by atoms with E-state index in [1.807, 2.05) is 0 Å². The van der Waals surface area contributed by atoms with E-state index in [9.17, 15) is 0 Å². The first-order valence-electron chi connectivity index (χ1n) is 20.7. The average molecular weight is 643 g/mol. The predicted molar refractivity (Wildman–Crippen MR) is 206 cm³/mol. The van der Waals surface area contributed by atoms with Gasteiger partial charge in [-0.25, -0.2) is 0 Å². The Balaban J connectivity index is 1.15. The van der Waals surface area contributed by atoms with Crippen molar-refractivity contribution in [1.82, 2.24) is 0 Å². The van der Waals surface area contributed by atoms with Gasteiger partial charge < -0.3 is 0 Å². The van der Waals surface area contributed by atoms with Crippen LogP contribution in [-0.4, -0.2) is 0 Å². The van der Waals surface area contributed by atoms with E-state index in [2.05, 4.69) is 102 Å². The molecular weight excluding hydrogens is 577 g/mol. The Kier molecular flexibility index (Phi) is 8.90. The molecule has 0 N–H and O–H groups in total. The van der Waals surface area contributed by atoms with E-state index in [1.54, 1.807) is 33.4 Å². The van der Waals surface area contributed by atoms with Gasteiger partial charge in [0.1, 0.15) is 0 Å². The zero-order valence-corrected chi connectivity index (χ0v) is 31.4. The van der Waals surface area contributed by atoms with E-state index in [1.165, 1.54) is 89.9 Å². The van der Waals surface area contributed by atoms with Crippen LogP contribution in [0.3, 0.4) is 0 Å². The van der Waals surface area contributed by atoms with Crippen LogP contribution in [0.2, 0.25) is 0 Å². The Morgan fingerprint density at radius 2 is 0.979 bits per heavy atom. The smallest absolute Gasteiger partial charge is 0.00583 e. The molecule has 0 radical (unpaired) electrons. The molecule has 14 bridgehead atoms.